The van der Waals surface area contributed by atoms with Gasteiger partial charge in [0.2, 0.25) is 0 Å². The molecule has 1 unspecified atom stereocenters. The van der Waals surface area contributed by atoms with Gasteiger partial charge in [0, 0.05) is 0 Å². The van der Waals surface area contributed by atoms with Crippen LogP contribution in [0.15, 0.2) is 12.3 Å². The van der Waals surface area contributed by atoms with Crippen LogP contribution in [-0.4, -0.2) is 25.0 Å². The Labute approximate surface area is 70.1 Å². The Balaban J connectivity index is 2.16. The number of carbonyl (C=O) groups is 1. The van der Waals surface area contributed by atoms with Crippen molar-refractivity contribution in [2.45, 2.75) is 12.7 Å². The lowest BCUT2D eigenvalue weighted by Gasteiger charge is -2.25. The van der Waals surface area contributed by atoms with E-state index < -0.39 is 11.7 Å². The standard InChI is InChI=1S/C8H10O4/c1-8(11-4-5-12-8)6-2-3-10-7(6)9/h2-3,6H,4-5H2,1H3. The highest BCUT2D eigenvalue weighted by Crippen LogP contribution is 2.32. The summed E-state index contributed by atoms with van der Waals surface area (Å²) in [4.78, 5) is 11.1. The Morgan fingerprint density at radius 2 is 2.17 bits per heavy atom. The Kier molecular flexibility index (Phi) is 1.66. The highest BCUT2D eigenvalue weighted by molar-refractivity contribution is 5.78. The van der Waals surface area contributed by atoms with Gasteiger partial charge in [-0.2, -0.15) is 0 Å². The number of rotatable bonds is 1. The van der Waals surface area contributed by atoms with Crippen molar-refractivity contribution in [3.63, 3.8) is 0 Å². The van der Waals surface area contributed by atoms with E-state index in [1.807, 2.05) is 0 Å². The van der Waals surface area contributed by atoms with Crippen molar-refractivity contribution in [1.29, 1.82) is 0 Å². The van der Waals surface area contributed by atoms with E-state index in [9.17, 15) is 4.79 Å². The zero-order chi connectivity index (χ0) is 8.60. The van der Waals surface area contributed by atoms with Crippen molar-refractivity contribution in [2.75, 3.05) is 13.2 Å². The Morgan fingerprint density at radius 3 is 2.67 bits per heavy atom. The molecular formula is C8H10O4. The van der Waals surface area contributed by atoms with E-state index in [2.05, 4.69) is 4.74 Å². The third-order valence-corrected chi connectivity index (χ3v) is 2.13. The minimum atomic E-state index is -0.815. The molecule has 4 heteroatoms. The summed E-state index contributed by atoms with van der Waals surface area (Å²) in [6.07, 6.45) is 3.04. The van der Waals surface area contributed by atoms with Gasteiger partial charge < -0.3 is 14.2 Å². The van der Waals surface area contributed by atoms with Gasteiger partial charge in [0.25, 0.3) is 0 Å². The fraction of sp³-hybridized carbons (Fsp3) is 0.625. The average molecular weight is 170 g/mol. The van der Waals surface area contributed by atoms with Crippen LogP contribution >= 0.6 is 0 Å². The maximum Gasteiger partial charge on any atom is 0.323 e. The van der Waals surface area contributed by atoms with Crippen molar-refractivity contribution >= 4 is 5.97 Å². The summed E-state index contributed by atoms with van der Waals surface area (Å²) in [6.45, 7) is 2.82. The molecule has 0 bridgehead atoms. The van der Waals surface area contributed by atoms with E-state index in [-0.39, 0.29) is 5.97 Å². The van der Waals surface area contributed by atoms with Gasteiger partial charge in [-0.15, -0.1) is 0 Å². The third-order valence-electron chi connectivity index (χ3n) is 2.13. The first-order chi connectivity index (χ1) is 5.72. The van der Waals surface area contributed by atoms with E-state index in [4.69, 9.17) is 9.47 Å². The van der Waals surface area contributed by atoms with Crippen LogP contribution in [0.1, 0.15) is 6.92 Å². The highest BCUT2D eigenvalue weighted by atomic mass is 16.7. The van der Waals surface area contributed by atoms with Crippen LogP contribution in [0.25, 0.3) is 0 Å². The SMILES string of the molecule is CC1(C2C=COC2=O)OCCO1. The molecule has 0 aromatic carbocycles. The van der Waals surface area contributed by atoms with E-state index >= 15 is 0 Å². The molecule has 0 N–H and O–H groups in total. The van der Waals surface area contributed by atoms with Gasteiger partial charge in [0.05, 0.1) is 19.5 Å². The molecule has 2 heterocycles. The summed E-state index contributed by atoms with van der Waals surface area (Å²) in [5.74, 6) is -1.54. The van der Waals surface area contributed by atoms with E-state index in [1.165, 1.54) is 6.26 Å². The van der Waals surface area contributed by atoms with Crippen LogP contribution < -0.4 is 0 Å². The molecule has 2 aliphatic heterocycles. The van der Waals surface area contributed by atoms with Crippen LogP contribution in [0.2, 0.25) is 0 Å². The van der Waals surface area contributed by atoms with Gasteiger partial charge in [-0.25, -0.2) is 0 Å². The first-order valence-corrected chi connectivity index (χ1v) is 3.87. The van der Waals surface area contributed by atoms with Crippen LogP contribution in [0.3, 0.4) is 0 Å². The van der Waals surface area contributed by atoms with E-state index in [0.29, 0.717) is 13.2 Å². The molecule has 0 spiro atoms. The molecule has 0 saturated carbocycles. The van der Waals surface area contributed by atoms with Crippen molar-refractivity contribution < 1.29 is 19.0 Å². The Hall–Kier alpha value is -0.870. The van der Waals surface area contributed by atoms with Crippen molar-refractivity contribution in [1.82, 2.24) is 0 Å². The molecule has 0 aliphatic carbocycles. The van der Waals surface area contributed by atoms with Gasteiger partial charge in [-0.3, -0.25) is 4.79 Å². The highest BCUT2D eigenvalue weighted by Gasteiger charge is 2.45. The fourth-order valence-electron chi connectivity index (χ4n) is 1.44. The van der Waals surface area contributed by atoms with Crippen LogP contribution in [0.4, 0.5) is 0 Å². The molecule has 0 aromatic heterocycles. The predicted octanol–water partition coefficient (Wildman–Crippen LogP) is 0.436. The number of esters is 1. The minimum Gasteiger partial charge on any atom is -0.434 e. The quantitative estimate of drug-likeness (QED) is 0.535. The molecule has 4 nitrogen and oxygen atoms in total. The van der Waals surface area contributed by atoms with Gasteiger partial charge in [-0.1, -0.05) is 0 Å². The number of ether oxygens (including phenoxy) is 3. The zero-order valence-electron chi connectivity index (χ0n) is 6.78. The topological polar surface area (TPSA) is 44.8 Å². The largest absolute Gasteiger partial charge is 0.434 e. The van der Waals surface area contributed by atoms with Gasteiger partial charge in [0.15, 0.2) is 5.79 Å². The lowest BCUT2D eigenvalue weighted by molar-refractivity contribution is -0.184. The lowest BCUT2D eigenvalue weighted by Crippen LogP contribution is -2.38. The Morgan fingerprint density at radius 1 is 1.50 bits per heavy atom. The average Bonchev–Trinajstić information content (AvgIpc) is 2.59. The molecule has 1 fully saturated rings. The summed E-state index contributed by atoms with van der Waals surface area (Å²) in [5.41, 5.74) is 0. The zero-order valence-corrected chi connectivity index (χ0v) is 6.78. The molecule has 2 aliphatic rings. The monoisotopic (exact) mass is 170 g/mol. The summed E-state index contributed by atoms with van der Waals surface area (Å²) < 4.78 is 15.3. The van der Waals surface area contributed by atoms with Crippen molar-refractivity contribution in [3.8, 4) is 0 Å². The van der Waals surface area contributed by atoms with Crippen LogP contribution in [-0.2, 0) is 19.0 Å². The lowest BCUT2D eigenvalue weighted by atomic mass is 10.0. The van der Waals surface area contributed by atoms with Crippen molar-refractivity contribution in [2.24, 2.45) is 5.92 Å². The summed E-state index contributed by atoms with van der Waals surface area (Å²) in [6, 6.07) is 0. The summed E-state index contributed by atoms with van der Waals surface area (Å²) in [7, 11) is 0. The van der Waals surface area contributed by atoms with Crippen LogP contribution in [0, 0.1) is 5.92 Å². The smallest absolute Gasteiger partial charge is 0.323 e. The van der Waals surface area contributed by atoms with Gasteiger partial charge in [0.1, 0.15) is 5.92 Å². The molecular weight excluding hydrogens is 160 g/mol. The second-order valence-electron chi connectivity index (χ2n) is 2.96. The molecule has 12 heavy (non-hydrogen) atoms. The first-order valence-electron chi connectivity index (χ1n) is 3.87. The number of hydrogen-bond donors (Lipinski definition) is 0. The molecule has 0 aromatic rings. The predicted molar refractivity (Wildman–Crippen MR) is 39.0 cm³/mol. The molecule has 0 radical (unpaired) electrons. The first kappa shape index (κ1) is 7.76. The summed E-state index contributed by atoms with van der Waals surface area (Å²) in [5, 5.41) is 0. The molecule has 1 atom stereocenters. The summed E-state index contributed by atoms with van der Waals surface area (Å²) >= 11 is 0. The number of carbonyl (C=O) groups excluding carboxylic acids is 1. The molecule has 1 saturated heterocycles. The van der Waals surface area contributed by atoms with Gasteiger partial charge in [-0.05, 0) is 13.0 Å². The normalized spacial score (nSPS) is 32.4. The third kappa shape index (κ3) is 1.04. The van der Waals surface area contributed by atoms with Crippen molar-refractivity contribution in [3.05, 3.63) is 12.3 Å². The molecule has 2 rings (SSSR count). The Bertz CT molecular complexity index is 227. The maximum atomic E-state index is 11.1. The number of hydrogen-bond acceptors (Lipinski definition) is 4. The minimum absolute atomic E-state index is 0.306. The van der Waals surface area contributed by atoms with E-state index in [1.54, 1.807) is 13.0 Å². The van der Waals surface area contributed by atoms with E-state index in [0.717, 1.165) is 0 Å². The molecule has 0 amide bonds. The second kappa shape index (κ2) is 2.57. The van der Waals surface area contributed by atoms with Crippen LogP contribution in [0.5, 0.6) is 0 Å². The fourth-order valence-corrected chi connectivity index (χ4v) is 1.44. The van der Waals surface area contributed by atoms with Gasteiger partial charge >= 0.3 is 5.97 Å². The number of cyclic esters (lactones) is 1. The second-order valence-corrected chi connectivity index (χ2v) is 2.96. The maximum absolute atomic E-state index is 11.1. The molecule has 66 valence electrons.